The summed E-state index contributed by atoms with van der Waals surface area (Å²) in [6, 6.07) is 9.19. The van der Waals surface area contributed by atoms with Crippen LogP contribution in [0.1, 0.15) is 28.9 Å². The van der Waals surface area contributed by atoms with Gasteiger partial charge >= 0.3 is 0 Å². The normalized spacial score (nSPS) is 17.5. The number of rotatable bonds is 3. The lowest BCUT2D eigenvalue weighted by Gasteiger charge is -2.35. The van der Waals surface area contributed by atoms with E-state index >= 15 is 0 Å². The Hall–Kier alpha value is -2.34. The van der Waals surface area contributed by atoms with Crippen LogP contribution in [0.5, 0.6) is 0 Å². The number of hydrogen-bond acceptors (Lipinski definition) is 5. The van der Waals surface area contributed by atoms with Gasteiger partial charge in [0.1, 0.15) is 5.82 Å². The summed E-state index contributed by atoms with van der Waals surface area (Å²) < 4.78 is 0. The molecule has 0 saturated carbocycles. The van der Waals surface area contributed by atoms with E-state index < -0.39 is 0 Å². The minimum Gasteiger partial charge on any atom is -0.356 e. The van der Waals surface area contributed by atoms with E-state index in [1.807, 2.05) is 24.0 Å². The van der Waals surface area contributed by atoms with Crippen molar-refractivity contribution in [3.63, 3.8) is 0 Å². The number of benzene rings is 1. The lowest BCUT2D eigenvalue weighted by molar-refractivity contribution is 0.0746. The molecule has 1 amide bonds. The van der Waals surface area contributed by atoms with Crippen LogP contribution < -0.4 is 9.80 Å². The van der Waals surface area contributed by atoms with Crippen LogP contribution in [0.2, 0.25) is 5.02 Å². The molecule has 3 heterocycles. The van der Waals surface area contributed by atoms with Crippen LogP contribution in [0.15, 0.2) is 30.3 Å². The minimum absolute atomic E-state index is 0.0278. The average molecular weight is 386 g/mol. The van der Waals surface area contributed by atoms with Gasteiger partial charge in [0.2, 0.25) is 5.95 Å². The maximum absolute atomic E-state index is 12.7. The number of aryl methyl sites for hydroxylation is 1. The highest BCUT2D eigenvalue weighted by Gasteiger charge is 2.24. The third-order valence-electron chi connectivity index (χ3n) is 5.18. The predicted molar refractivity (Wildman–Crippen MR) is 108 cm³/mol. The van der Waals surface area contributed by atoms with Gasteiger partial charge in [0.15, 0.2) is 0 Å². The van der Waals surface area contributed by atoms with Crippen molar-refractivity contribution in [3.8, 4) is 0 Å². The Kier molecular flexibility index (Phi) is 5.16. The van der Waals surface area contributed by atoms with Gasteiger partial charge in [0, 0.05) is 61.6 Å². The van der Waals surface area contributed by atoms with Gasteiger partial charge in [0.05, 0.1) is 0 Å². The zero-order valence-electron chi connectivity index (χ0n) is 15.6. The van der Waals surface area contributed by atoms with Gasteiger partial charge in [-0.25, -0.2) is 4.98 Å². The Morgan fingerprint density at radius 2 is 1.70 bits per heavy atom. The molecule has 2 fully saturated rings. The quantitative estimate of drug-likeness (QED) is 0.813. The van der Waals surface area contributed by atoms with Gasteiger partial charge in [0.25, 0.3) is 5.91 Å². The van der Waals surface area contributed by atoms with E-state index in [1.165, 1.54) is 12.8 Å². The molecular formula is C20H24ClN5O. The standard InChI is InChI=1S/C20H24ClN5O/c1-15-13-18(24-7-2-3-8-24)23-20(22-15)26-11-9-25(10-12-26)19(27)16-5-4-6-17(21)14-16/h4-6,13-14H,2-3,7-12H2,1H3. The molecule has 0 spiro atoms. The molecule has 6 nitrogen and oxygen atoms in total. The molecule has 27 heavy (non-hydrogen) atoms. The minimum atomic E-state index is 0.0278. The summed E-state index contributed by atoms with van der Waals surface area (Å²) in [5.41, 5.74) is 1.62. The lowest BCUT2D eigenvalue weighted by Crippen LogP contribution is -2.49. The Balaban J connectivity index is 1.44. The molecule has 0 bridgehead atoms. The fraction of sp³-hybridized carbons (Fsp3) is 0.450. The van der Waals surface area contributed by atoms with Crippen molar-refractivity contribution in [2.24, 2.45) is 0 Å². The maximum atomic E-state index is 12.7. The summed E-state index contributed by atoms with van der Waals surface area (Å²) >= 11 is 6.02. The fourth-order valence-corrected chi connectivity index (χ4v) is 3.89. The van der Waals surface area contributed by atoms with Crippen LogP contribution in [-0.2, 0) is 0 Å². The monoisotopic (exact) mass is 385 g/mol. The van der Waals surface area contributed by atoms with Crippen LogP contribution in [-0.4, -0.2) is 60.0 Å². The molecule has 0 unspecified atom stereocenters. The highest BCUT2D eigenvalue weighted by molar-refractivity contribution is 6.30. The van der Waals surface area contributed by atoms with Crippen molar-refractivity contribution in [3.05, 3.63) is 46.6 Å². The Morgan fingerprint density at radius 3 is 2.41 bits per heavy atom. The first kappa shape index (κ1) is 18.0. The Labute approximate surface area is 164 Å². The van der Waals surface area contributed by atoms with Crippen LogP contribution in [0.25, 0.3) is 0 Å². The number of amides is 1. The molecule has 0 atom stereocenters. The second-order valence-electron chi connectivity index (χ2n) is 7.15. The average Bonchev–Trinajstić information content (AvgIpc) is 3.22. The van der Waals surface area contributed by atoms with Crippen molar-refractivity contribution < 1.29 is 4.79 Å². The summed E-state index contributed by atoms with van der Waals surface area (Å²) in [6.45, 7) is 6.92. The molecule has 1 aromatic carbocycles. The summed E-state index contributed by atoms with van der Waals surface area (Å²) in [6.07, 6.45) is 2.45. The van der Waals surface area contributed by atoms with Gasteiger partial charge in [-0.3, -0.25) is 4.79 Å². The molecule has 0 N–H and O–H groups in total. The van der Waals surface area contributed by atoms with E-state index in [2.05, 4.69) is 20.9 Å². The molecule has 142 valence electrons. The number of halogens is 1. The highest BCUT2D eigenvalue weighted by atomic mass is 35.5. The van der Waals surface area contributed by atoms with Gasteiger partial charge < -0.3 is 14.7 Å². The van der Waals surface area contributed by atoms with Crippen LogP contribution >= 0.6 is 11.6 Å². The molecular weight excluding hydrogens is 362 g/mol. The molecule has 2 aliphatic heterocycles. The molecule has 2 aromatic rings. The van der Waals surface area contributed by atoms with Crippen LogP contribution in [0.3, 0.4) is 0 Å². The topological polar surface area (TPSA) is 52.6 Å². The maximum Gasteiger partial charge on any atom is 0.254 e. The summed E-state index contributed by atoms with van der Waals surface area (Å²) in [7, 11) is 0. The zero-order chi connectivity index (χ0) is 18.8. The first-order chi connectivity index (χ1) is 13.1. The highest BCUT2D eigenvalue weighted by Crippen LogP contribution is 2.22. The molecule has 2 aliphatic rings. The third kappa shape index (κ3) is 4.00. The first-order valence-corrected chi connectivity index (χ1v) is 9.88. The lowest BCUT2D eigenvalue weighted by atomic mass is 10.2. The largest absolute Gasteiger partial charge is 0.356 e. The van der Waals surface area contributed by atoms with E-state index in [4.69, 9.17) is 16.6 Å². The number of carbonyl (C=O) groups excluding carboxylic acids is 1. The summed E-state index contributed by atoms with van der Waals surface area (Å²) in [4.78, 5) is 28.5. The number of piperazine rings is 1. The number of anilines is 2. The van der Waals surface area contributed by atoms with Crippen molar-refractivity contribution in [2.45, 2.75) is 19.8 Å². The summed E-state index contributed by atoms with van der Waals surface area (Å²) in [5.74, 6) is 1.82. The number of aromatic nitrogens is 2. The van der Waals surface area contributed by atoms with Gasteiger partial charge in [-0.15, -0.1) is 0 Å². The number of carbonyl (C=O) groups is 1. The Morgan fingerprint density at radius 1 is 0.963 bits per heavy atom. The number of hydrogen-bond donors (Lipinski definition) is 0. The molecule has 7 heteroatoms. The van der Waals surface area contributed by atoms with E-state index in [0.717, 1.165) is 43.6 Å². The van der Waals surface area contributed by atoms with Crippen molar-refractivity contribution in [2.75, 3.05) is 49.1 Å². The zero-order valence-corrected chi connectivity index (χ0v) is 16.3. The first-order valence-electron chi connectivity index (χ1n) is 9.50. The molecule has 0 radical (unpaired) electrons. The van der Waals surface area contributed by atoms with E-state index in [-0.39, 0.29) is 5.91 Å². The van der Waals surface area contributed by atoms with Gasteiger partial charge in [-0.2, -0.15) is 4.98 Å². The molecule has 4 rings (SSSR count). The number of nitrogens with zero attached hydrogens (tertiary/aromatic N) is 5. The van der Waals surface area contributed by atoms with E-state index in [0.29, 0.717) is 23.7 Å². The third-order valence-corrected chi connectivity index (χ3v) is 5.42. The van der Waals surface area contributed by atoms with Gasteiger partial charge in [-0.1, -0.05) is 17.7 Å². The molecule has 1 aromatic heterocycles. The SMILES string of the molecule is Cc1cc(N2CCCC2)nc(N2CCN(C(=O)c3cccc(Cl)c3)CC2)n1. The van der Waals surface area contributed by atoms with Crippen molar-refractivity contribution in [1.82, 2.24) is 14.9 Å². The molecule has 0 aliphatic carbocycles. The van der Waals surface area contributed by atoms with E-state index in [1.54, 1.807) is 12.1 Å². The molecule has 2 saturated heterocycles. The van der Waals surface area contributed by atoms with E-state index in [9.17, 15) is 4.79 Å². The second kappa shape index (κ2) is 7.72. The second-order valence-corrected chi connectivity index (χ2v) is 7.59. The smallest absolute Gasteiger partial charge is 0.254 e. The predicted octanol–water partition coefficient (Wildman–Crippen LogP) is 3.00. The van der Waals surface area contributed by atoms with Crippen LogP contribution in [0, 0.1) is 6.92 Å². The van der Waals surface area contributed by atoms with Crippen molar-refractivity contribution in [1.29, 1.82) is 0 Å². The fourth-order valence-electron chi connectivity index (χ4n) is 3.70. The summed E-state index contributed by atoms with van der Waals surface area (Å²) in [5, 5.41) is 0.585. The van der Waals surface area contributed by atoms with Gasteiger partial charge in [-0.05, 0) is 38.0 Å². The van der Waals surface area contributed by atoms with Crippen molar-refractivity contribution >= 4 is 29.3 Å². The van der Waals surface area contributed by atoms with Crippen LogP contribution in [0.4, 0.5) is 11.8 Å². The Bertz CT molecular complexity index is 829.